The maximum atomic E-state index is 12.8. The van der Waals surface area contributed by atoms with Crippen molar-refractivity contribution in [3.63, 3.8) is 0 Å². The third-order valence-corrected chi connectivity index (χ3v) is 5.00. The molecule has 1 aromatic heterocycles. The average Bonchev–Trinajstić information content (AvgIpc) is 3.07. The molecule has 2 heterocycles. The second kappa shape index (κ2) is 6.96. The Balaban J connectivity index is 1.71. The van der Waals surface area contributed by atoms with Crippen molar-refractivity contribution in [3.8, 4) is 0 Å². The number of hydrogen-bond acceptors (Lipinski definition) is 4. The second-order valence-electron chi connectivity index (χ2n) is 5.71. The highest BCUT2D eigenvalue weighted by atomic mass is 32.2. The van der Waals surface area contributed by atoms with E-state index < -0.39 is 0 Å². The summed E-state index contributed by atoms with van der Waals surface area (Å²) in [5, 5.41) is 7.44. The molecular formula is C16H20N4OS. The Morgan fingerprint density at radius 3 is 2.86 bits per heavy atom. The largest absolute Gasteiger partial charge is 0.339 e. The predicted octanol–water partition coefficient (Wildman–Crippen LogP) is 2.97. The molecule has 0 unspecified atom stereocenters. The first kappa shape index (κ1) is 15.1. The first-order chi connectivity index (χ1) is 10.7. The zero-order chi connectivity index (χ0) is 15.4. The number of nitrogens with one attached hydrogen (secondary N) is 1. The van der Waals surface area contributed by atoms with E-state index in [0.29, 0.717) is 5.75 Å². The van der Waals surface area contributed by atoms with Crippen LogP contribution in [0, 0.1) is 5.92 Å². The maximum absolute atomic E-state index is 12.8. The number of thioether (sulfide) groups is 1. The number of aromatic nitrogens is 3. The highest BCUT2D eigenvalue weighted by Gasteiger charge is 2.23. The zero-order valence-electron chi connectivity index (χ0n) is 12.7. The lowest BCUT2D eigenvalue weighted by atomic mass is 9.98. The molecule has 22 heavy (non-hydrogen) atoms. The lowest BCUT2D eigenvalue weighted by molar-refractivity contribution is 0.0696. The summed E-state index contributed by atoms with van der Waals surface area (Å²) in [6.45, 7) is 3.98. The van der Waals surface area contributed by atoms with Crippen LogP contribution in [0.1, 0.15) is 35.7 Å². The molecule has 1 N–H and O–H groups in total. The van der Waals surface area contributed by atoms with Crippen LogP contribution in [-0.4, -0.2) is 39.1 Å². The summed E-state index contributed by atoms with van der Waals surface area (Å²) >= 11 is 1.56. The smallest absolute Gasteiger partial charge is 0.254 e. The van der Waals surface area contributed by atoms with Crippen LogP contribution in [0.15, 0.2) is 35.7 Å². The molecule has 1 saturated heterocycles. The number of carbonyl (C=O) groups excluding carboxylic acids is 1. The van der Waals surface area contributed by atoms with Gasteiger partial charge in [0.15, 0.2) is 5.16 Å². The van der Waals surface area contributed by atoms with E-state index in [9.17, 15) is 4.79 Å². The van der Waals surface area contributed by atoms with E-state index in [0.717, 1.165) is 48.1 Å². The van der Waals surface area contributed by atoms with Crippen molar-refractivity contribution in [2.45, 2.75) is 30.7 Å². The molecule has 2 aromatic rings. The van der Waals surface area contributed by atoms with Gasteiger partial charge in [-0.1, -0.05) is 36.9 Å². The van der Waals surface area contributed by atoms with Gasteiger partial charge in [-0.25, -0.2) is 4.98 Å². The Morgan fingerprint density at radius 2 is 2.14 bits per heavy atom. The summed E-state index contributed by atoms with van der Waals surface area (Å²) < 4.78 is 0. The molecule has 1 aromatic carbocycles. The minimum Gasteiger partial charge on any atom is -0.339 e. The monoisotopic (exact) mass is 316 g/mol. The summed E-state index contributed by atoms with van der Waals surface area (Å²) in [5.74, 6) is 1.59. The van der Waals surface area contributed by atoms with Crippen LogP contribution < -0.4 is 0 Å². The van der Waals surface area contributed by atoms with Crippen molar-refractivity contribution in [1.29, 1.82) is 0 Å². The molecule has 5 nitrogen and oxygen atoms in total. The lowest BCUT2D eigenvalue weighted by Gasteiger charge is -2.30. The molecule has 0 saturated carbocycles. The Morgan fingerprint density at radius 1 is 1.36 bits per heavy atom. The van der Waals surface area contributed by atoms with E-state index in [1.807, 2.05) is 29.2 Å². The SMILES string of the molecule is CC1CCN(C(=O)c2ccccc2CSc2ncn[nH]2)CC1. The third kappa shape index (κ3) is 3.50. The highest BCUT2D eigenvalue weighted by molar-refractivity contribution is 7.98. The van der Waals surface area contributed by atoms with Crippen molar-refractivity contribution in [3.05, 3.63) is 41.7 Å². The molecule has 1 amide bonds. The maximum Gasteiger partial charge on any atom is 0.254 e. The van der Waals surface area contributed by atoms with Crippen molar-refractivity contribution in [2.75, 3.05) is 13.1 Å². The van der Waals surface area contributed by atoms with E-state index >= 15 is 0 Å². The van der Waals surface area contributed by atoms with Gasteiger partial charge in [-0.15, -0.1) is 0 Å². The predicted molar refractivity (Wildman–Crippen MR) is 86.7 cm³/mol. The topological polar surface area (TPSA) is 61.9 Å². The minimum atomic E-state index is 0.153. The van der Waals surface area contributed by atoms with Crippen molar-refractivity contribution < 1.29 is 4.79 Å². The van der Waals surface area contributed by atoms with Crippen molar-refractivity contribution in [1.82, 2.24) is 20.1 Å². The van der Waals surface area contributed by atoms with Gasteiger partial charge in [-0.3, -0.25) is 9.89 Å². The van der Waals surface area contributed by atoms with Crippen molar-refractivity contribution >= 4 is 17.7 Å². The number of amides is 1. The fraction of sp³-hybridized carbons (Fsp3) is 0.438. The lowest BCUT2D eigenvalue weighted by Crippen LogP contribution is -2.38. The number of hydrogen-bond donors (Lipinski definition) is 1. The summed E-state index contributed by atoms with van der Waals surface area (Å²) in [6.07, 6.45) is 3.69. The standard InChI is InChI=1S/C16H20N4OS/c1-12-6-8-20(9-7-12)15(21)14-5-3-2-4-13(14)10-22-16-17-11-18-19-16/h2-5,11-12H,6-10H2,1H3,(H,17,18,19). The number of rotatable bonds is 4. The molecule has 0 aliphatic carbocycles. The Labute approximate surface area is 134 Å². The normalized spacial score (nSPS) is 16.0. The van der Waals surface area contributed by atoms with Gasteiger partial charge in [-0.2, -0.15) is 5.10 Å². The van der Waals surface area contributed by atoms with Gasteiger partial charge in [0.1, 0.15) is 6.33 Å². The number of nitrogens with zero attached hydrogens (tertiary/aromatic N) is 3. The fourth-order valence-electron chi connectivity index (χ4n) is 2.65. The molecule has 1 aliphatic rings. The Hall–Kier alpha value is -1.82. The first-order valence-electron chi connectivity index (χ1n) is 7.59. The fourth-order valence-corrected chi connectivity index (χ4v) is 3.43. The van der Waals surface area contributed by atoms with Crippen LogP contribution in [0.2, 0.25) is 0 Å². The van der Waals surface area contributed by atoms with Crippen molar-refractivity contribution in [2.24, 2.45) is 5.92 Å². The molecule has 0 radical (unpaired) electrons. The van der Waals surface area contributed by atoms with Gasteiger partial charge in [-0.05, 0) is 30.4 Å². The summed E-state index contributed by atoms with van der Waals surface area (Å²) in [7, 11) is 0. The quantitative estimate of drug-likeness (QED) is 0.881. The van der Waals surface area contributed by atoms with Gasteiger partial charge < -0.3 is 4.90 Å². The number of piperidine rings is 1. The van der Waals surface area contributed by atoms with E-state index in [2.05, 4.69) is 22.1 Å². The van der Waals surface area contributed by atoms with E-state index in [-0.39, 0.29) is 5.91 Å². The molecule has 3 rings (SSSR count). The molecule has 0 bridgehead atoms. The number of aromatic amines is 1. The van der Waals surface area contributed by atoms with Gasteiger partial charge in [0.05, 0.1) is 0 Å². The molecule has 1 fully saturated rings. The van der Waals surface area contributed by atoms with Crippen LogP contribution in [0.4, 0.5) is 0 Å². The zero-order valence-corrected chi connectivity index (χ0v) is 13.5. The summed E-state index contributed by atoms with van der Waals surface area (Å²) in [6, 6.07) is 7.85. The molecule has 1 aliphatic heterocycles. The molecule has 6 heteroatoms. The van der Waals surface area contributed by atoms with E-state index in [4.69, 9.17) is 0 Å². The molecule has 0 spiro atoms. The Bertz CT molecular complexity index is 621. The highest BCUT2D eigenvalue weighted by Crippen LogP contribution is 2.24. The molecule has 0 atom stereocenters. The van der Waals surface area contributed by atoms with Crippen LogP contribution in [0.3, 0.4) is 0 Å². The number of carbonyl (C=O) groups is 1. The van der Waals surface area contributed by atoms with Gasteiger partial charge >= 0.3 is 0 Å². The van der Waals surface area contributed by atoms with Crippen LogP contribution >= 0.6 is 11.8 Å². The van der Waals surface area contributed by atoms with Crippen LogP contribution in [0.5, 0.6) is 0 Å². The average molecular weight is 316 g/mol. The summed E-state index contributed by atoms with van der Waals surface area (Å²) in [4.78, 5) is 18.9. The van der Waals surface area contributed by atoms with E-state index in [1.165, 1.54) is 6.33 Å². The second-order valence-corrected chi connectivity index (χ2v) is 6.68. The first-order valence-corrected chi connectivity index (χ1v) is 8.58. The van der Waals surface area contributed by atoms with Crippen LogP contribution in [0.25, 0.3) is 0 Å². The number of H-pyrrole nitrogens is 1. The van der Waals surface area contributed by atoms with Gasteiger partial charge in [0, 0.05) is 24.4 Å². The minimum absolute atomic E-state index is 0.153. The molecular weight excluding hydrogens is 296 g/mol. The summed E-state index contributed by atoms with van der Waals surface area (Å²) in [5.41, 5.74) is 1.86. The Kier molecular flexibility index (Phi) is 4.77. The van der Waals surface area contributed by atoms with E-state index in [1.54, 1.807) is 11.8 Å². The van der Waals surface area contributed by atoms with Gasteiger partial charge in [0.25, 0.3) is 5.91 Å². The third-order valence-electron chi connectivity index (χ3n) is 4.08. The van der Waals surface area contributed by atoms with Crippen LogP contribution in [-0.2, 0) is 5.75 Å². The number of likely N-dealkylation sites (tertiary alicyclic amines) is 1. The number of benzene rings is 1. The molecule has 116 valence electrons. The van der Waals surface area contributed by atoms with Gasteiger partial charge in [0.2, 0.25) is 0 Å².